The number of carbonyl (C=O) groups excluding carboxylic acids is 2. The zero-order valence-corrected chi connectivity index (χ0v) is 23.7. The number of fused-ring (bicyclic) bond motifs is 2. The maximum atomic E-state index is 13.1. The van der Waals surface area contributed by atoms with Gasteiger partial charge < -0.3 is 19.5 Å². The number of benzene rings is 3. The standard InChI is InChI=1S/C35H39NO5/c1-39-33(38)17-11-3-2-10-16-30-34(36-32(37)22-23-40-29-14-8-5-9-15-29)31-24-35(30,25-41-31)28-20-18-27(19-21-28)26-12-6-4-7-13-26/h2,4-10,12-15,18-21,30-31,34H,3,11,16-17,22-25H2,1H3,(H,36,37)/b10-2-/t30-,31-,34-,35-/m0/s1. The summed E-state index contributed by atoms with van der Waals surface area (Å²) in [6.07, 6.45) is 8.31. The molecule has 4 atom stereocenters. The first kappa shape index (κ1) is 28.6. The first-order chi connectivity index (χ1) is 20.1. The maximum Gasteiger partial charge on any atom is 0.305 e. The summed E-state index contributed by atoms with van der Waals surface area (Å²) in [7, 11) is 1.42. The smallest absolute Gasteiger partial charge is 0.305 e. The first-order valence-corrected chi connectivity index (χ1v) is 14.6. The van der Waals surface area contributed by atoms with Crippen molar-refractivity contribution in [2.45, 2.75) is 56.1 Å². The van der Waals surface area contributed by atoms with Crippen LogP contribution in [-0.4, -0.2) is 44.3 Å². The monoisotopic (exact) mass is 553 g/mol. The van der Waals surface area contributed by atoms with Crippen molar-refractivity contribution in [2.75, 3.05) is 20.3 Å². The van der Waals surface area contributed by atoms with Crippen LogP contribution in [0.15, 0.2) is 97.1 Å². The number of nitrogens with one attached hydrogen (secondary N) is 1. The van der Waals surface area contributed by atoms with Gasteiger partial charge in [0.2, 0.25) is 5.91 Å². The number of carbonyl (C=O) groups is 2. The van der Waals surface area contributed by atoms with E-state index in [0.29, 0.717) is 19.6 Å². The molecule has 2 aliphatic rings. The predicted octanol–water partition coefficient (Wildman–Crippen LogP) is 6.25. The van der Waals surface area contributed by atoms with Crippen molar-refractivity contribution in [3.05, 3.63) is 103 Å². The predicted molar refractivity (Wildman–Crippen MR) is 160 cm³/mol. The van der Waals surface area contributed by atoms with Gasteiger partial charge in [-0.25, -0.2) is 0 Å². The van der Waals surface area contributed by atoms with Gasteiger partial charge in [-0.05, 0) is 60.4 Å². The average molecular weight is 554 g/mol. The normalized spacial score (nSPS) is 23.0. The van der Waals surface area contributed by atoms with Crippen LogP contribution in [0.25, 0.3) is 11.1 Å². The second-order valence-corrected chi connectivity index (χ2v) is 10.9. The molecule has 214 valence electrons. The Morgan fingerprint density at radius 3 is 2.37 bits per heavy atom. The summed E-state index contributed by atoms with van der Waals surface area (Å²) in [6, 6.07) is 28.7. The summed E-state index contributed by atoms with van der Waals surface area (Å²) in [5.41, 5.74) is 3.46. The molecule has 1 saturated heterocycles. The Morgan fingerprint density at radius 1 is 0.927 bits per heavy atom. The number of unbranched alkanes of at least 4 members (excludes halogenated alkanes) is 1. The molecule has 5 rings (SSSR count). The molecular formula is C35H39NO5. The van der Waals surface area contributed by atoms with Crippen LogP contribution in [0.5, 0.6) is 5.75 Å². The van der Waals surface area contributed by atoms with Crippen molar-refractivity contribution in [1.82, 2.24) is 5.32 Å². The van der Waals surface area contributed by atoms with Gasteiger partial charge in [0, 0.05) is 11.8 Å². The highest BCUT2D eigenvalue weighted by Crippen LogP contribution is 2.53. The summed E-state index contributed by atoms with van der Waals surface area (Å²) < 4.78 is 16.8. The molecule has 1 saturated carbocycles. The van der Waals surface area contributed by atoms with Gasteiger partial charge in [0.1, 0.15) is 5.75 Å². The second kappa shape index (κ2) is 13.6. The minimum Gasteiger partial charge on any atom is -0.493 e. The molecule has 6 nitrogen and oxygen atoms in total. The summed E-state index contributed by atoms with van der Waals surface area (Å²) in [4.78, 5) is 24.5. The first-order valence-electron chi connectivity index (χ1n) is 14.6. The summed E-state index contributed by atoms with van der Waals surface area (Å²) in [5, 5.41) is 3.31. The Balaban J connectivity index is 1.28. The van der Waals surface area contributed by atoms with Gasteiger partial charge >= 0.3 is 5.97 Å². The van der Waals surface area contributed by atoms with E-state index in [9.17, 15) is 9.59 Å². The third-order valence-corrected chi connectivity index (χ3v) is 8.44. The minimum absolute atomic E-state index is 0.0243. The summed E-state index contributed by atoms with van der Waals surface area (Å²) >= 11 is 0. The molecule has 1 heterocycles. The molecule has 0 aromatic heterocycles. The van der Waals surface area contributed by atoms with Crippen LogP contribution >= 0.6 is 0 Å². The van der Waals surface area contributed by atoms with Crippen LogP contribution in [-0.2, 0) is 24.5 Å². The van der Waals surface area contributed by atoms with Crippen molar-refractivity contribution < 1.29 is 23.8 Å². The second-order valence-electron chi connectivity index (χ2n) is 10.9. The Kier molecular flexibility index (Phi) is 9.52. The van der Waals surface area contributed by atoms with E-state index in [0.717, 1.165) is 31.4 Å². The number of ether oxygens (including phenoxy) is 3. The van der Waals surface area contributed by atoms with Gasteiger partial charge in [-0.3, -0.25) is 9.59 Å². The van der Waals surface area contributed by atoms with Gasteiger partial charge in [0.25, 0.3) is 0 Å². The highest BCUT2D eigenvalue weighted by atomic mass is 16.5. The summed E-state index contributed by atoms with van der Waals surface area (Å²) in [6.45, 7) is 0.970. The molecule has 6 heteroatoms. The number of para-hydroxylation sites is 1. The van der Waals surface area contributed by atoms with Gasteiger partial charge in [-0.15, -0.1) is 0 Å². The molecule has 3 aromatic carbocycles. The van der Waals surface area contributed by atoms with E-state index in [1.807, 2.05) is 36.4 Å². The van der Waals surface area contributed by atoms with Gasteiger partial charge in [-0.2, -0.15) is 0 Å². The zero-order valence-electron chi connectivity index (χ0n) is 23.7. The lowest BCUT2D eigenvalue weighted by atomic mass is 9.70. The number of hydrogen-bond donors (Lipinski definition) is 1. The fraction of sp³-hybridized carbons (Fsp3) is 0.371. The van der Waals surface area contributed by atoms with Gasteiger partial charge in [0.05, 0.1) is 38.9 Å². The van der Waals surface area contributed by atoms with Gasteiger partial charge in [-0.1, -0.05) is 84.9 Å². The lowest BCUT2D eigenvalue weighted by Crippen LogP contribution is -2.51. The van der Waals surface area contributed by atoms with Crippen LogP contribution in [0.4, 0.5) is 0 Å². The number of allylic oxidation sites excluding steroid dienone is 2. The molecule has 1 aliphatic heterocycles. The van der Waals surface area contributed by atoms with E-state index in [1.165, 1.54) is 23.8 Å². The van der Waals surface area contributed by atoms with Crippen molar-refractivity contribution >= 4 is 11.9 Å². The highest BCUT2D eigenvalue weighted by Gasteiger charge is 2.59. The largest absolute Gasteiger partial charge is 0.493 e. The number of rotatable bonds is 13. The molecule has 2 fully saturated rings. The van der Waals surface area contributed by atoms with E-state index in [4.69, 9.17) is 14.2 Å². The minimum atomic E-state index is -0.180. The molecule has 2 bridgehead atoms. The SMILES string of the molecule is COC(=O)CCC/C=C\C[C@H]1[C@H](NC(=O)CCOc2ccccc2)[C@@H]2C[C@@]1(c1ccc(-c3ccccc3)cc1)CO2. The molecule has 3 aromatic rings. The molecule has 1 N–H and O–H groups in total. The fourth-order valence-electron chi connectivity index (χ4n) is 6.29. The lowest BCUT2D eigenvalue weighted by molar-refractivity contribution is -0.140. The number of methoxy groups -OCH3 is 1. The van der Waals surface area contributed by atoms with E-state index in [-0.39, 0.29) is 41.8 Å². The van der Waals surface area contributed by atoms with Gasteiger partial charge in [0.15, 0.2) is 0 Å². The molecule has 1 aliphatic carbocycles. The molecule has 0 unspecified atom stereocenters. The molecule has 0 spiro atoms. The Morgan fingerprint density at radius 2 is 1.63 bits per heavy atom. The average Bonchev–Trinajstić information content (AvgIpc) is 3.58. The quantitative estimate of drug-likeness (QED) is 0.154. The Hall–Kier alpha value is -3.90. The number of esters is 1. The maximum absolute atomic E-state index is 13.1. The third kappa shape index (κ3) is 6.88. The van der Waals surface area contributed by atoms with Crippen LogP contribution in [0.3, 0.4) is 0 Å². The molecular weight excluding hydrogens is 514 g/mol. The topological polar surface area (TPSA) is 73.9 Å². The molecule has 1 amide bonds. The van der Waals surface area contributed by atoms with Crippen molar-refractivity contribution in [1.29, 1.82) is 0 Å². The van der Waals surface area contributed by atoms with Crippen molar-refractivity contribution in [3.63, 3.8) is 0 Å². The zero-order chi connectivity index (χ0) is 28.5. The molecule has 0 radical (unpaired) electrons. The lowest BCUT2D eigenvalue weighted by Gasteiger charge is -2.39. The van der Waals surface area contributed by atoms with Crippen molar-refractivity contribution in [2.24, 2.45) is 5.92 Å². The van der Waals surface area contributed by atoms with E-state index < -0.39 is 0 Å². The van der Waals surface area contributed by atoms with E-state index in [2.05, 4.69) is 66.0 Å². The van der Waals surface area contributed by atoms with Crippen LogP contribution in [0, 0.1) is 5.92 Å². The Bertz CT molecular complexity index is 1310. The van der Waals surface area contributed by atoms with E-state index in [1.54, 1.807) is 0 Å². The number of amides is 1. The fourth-order valence-corrected chi connectivity index (χ4v) is 6.29. The summed E-state index contributed by atoms with van der Waals surface area (Å²) in [5.74, 6) is 0.751. The third-order valence-electron chi connectivity index (χ3n) is 8.44. The molecule has 41 heavy (non-hydrogen) atoms. The highest BCUT2D eigenvalue weighted by molar-refractivity contribution is 5.76. The van der Waals surface area contributed by atoms with Crippen molar-refractivity contribution in [3.8, 4) is 16.9 Å². The van der Waals surface area contributed by atoms with Crippen LogP contribution in [0.2, 0.25) is 0 Å². The number of hydrogen-bond acceptors (Lipinski definition) is 5. The van der Waals surface area contributed by atoms with Crippen LogP contribution in [0.1, 0.15) is 44.1 Å². The van der Waals surface area contributed by atoms with Crippen LogP contribution < -0.4 is 10.1 Å². The Labute approximate surface area is 242 Å². The van der Waals surface area contributed by atoms with E-state index >= 15 is 0 Å².